The van der Waals surface area contributed by atoms with E-state index >= 15 is 0 Å². The van der Waals surface area contributed by atoms with Gasteiger partial charge in [0.15, 0.2) is 5.65 Å². The molecule has 0 spiro atoms. The summed E-state index contributed by atoms with van der Waals surface area (Å²) in [5.41, 5.74) is 2.91. The van der Waals surface area contributed by atoms with Gasteiger partial charge >= 0.3 is 0 Å². The number of nitrogens with zero attached hydrogens (tertiary/aromatic N) is 3. The lowest BCUT2D eigenvalue weighted by Gasteiger charge is -1.98. The minimum absolute atomic E-state index is 0.496. The Balaban J connectivity index is 1.91. The standard InChI is InChI=1S/C16H12N4S/c21-16-17-13-9-5-4-8-12(13)15-18-14(19-20(15)16)10-11-6-2-1-3-7-11/h1-9H,10H2,(H,18,19). The molecule has 0 atom stereocenters. The van der Waals surface area contributed by atoms with Crippen molar-refractivity contribution in [1.29, 1.82) is 0 Å². The van der Waals surface area contributed by atoms with E-state index in [-0.39, 0.29) is 0 Å². The third kappa shape index (κ3) is 2.11. The Morgan fingerprint density at radius 1 is 0.952 bits per heavy atom. The van der Waals surface area contributed by atoms with Crippen LogP contribution in [0.4, 0.5) is 0 Å². The average molecular weight is 292 g/mol. The van der Waals surface area contributed by atoms with E-state index in [9.17, 15) is 0 Å². The minimum Gasteiger partial charge on any atom is -0.277 e. The van der Waals surface area contributed by atoms with Crippen molar-refractivity contribution >= 4 is 28.8 Å². The van der Waals surface area contributed by atoms with Crippen molar-refractivity contribution in [2.75, 3.05) is 0 Å². The number of hydrogen-bond acceptors (Lipinski definition) is 3. The van der Waals surface area contributed by atoms with Gasteiger partial charge in [0, 0.05) is 11.8 Å². The van der Waals surface area contributed by atoms with Gasteiger partial charge < -0.3 is 0 Å². The van der Waals surface area contributed by atoms with Crippen LogP contribution in [0.25, 0.3) is 16.6 Å². The quantitative estimate of drug-likeness (QED) is 0.575. The maximum atomic E-state index is 5.34. The third-order valence-electron chi connectivity index (χ3n) is 3.46. The summed E-state index contributed by atoms with van der Waals surface area (Å²) < 4.78 is 2.27. The molecular weight excluding hydrogens is 280 g/mol. The second-order valence-corrected chi connectivity index (χ2v) is 5.27. The Kier molecular flexibility index (Phi) is 2.79. The van der Waals surface area contributed by atoms with E-state index in [4.69, 9.17) is 17.2 Å². The number of fused-ring (bicyclic) bond motifs is 3. The Bertz CT molecular complexity index is 985. The van der Waals surface area contributed by atoms with Crippen molar-refractivity contribution in [2.24, 2.45) is 0 Å². The maximum absolute atomic E-state index is 5.34. The highest BCUT2D eigenvalue weighted by molar-refractivity contribution is 7.71. The largest absolute Gasteiger partial charge is 0.277 e. The summed E-state index contributed by atoms with van der Waals surface area (Å²) in [5, 5.41) is 4.24. The zero-order valence-corrected chi connectivity index (χ0v) is 12.0. The minimum atomic E-state index is 0.496. The topological polar surface area (TPSA) is 46.0 Å². The van der Waals surface area contributed by atoms with Crippen LogP contribution in [0.2, 0.25) is 0 Å². The van der Waals surface area contributed by atoms with Gasteiger partial charge in [-0.05, 0) is 29.9 Å². The average Bonchev–Trinajstić information content (AvgIpc) is 2.93. The van der Waals surface area contributed by atoms with Gasteiger partial charge in [-0.3, -0.25) is 5.10 Å². The molecule has 2 aromatic heterocycles. The summed E-state index contributed by atoms with van der Waals surface area (Å²) in [7, 11) is 0. The molecule has 0 saturated heterocycles. The molecule has 21 heavy (non-hydrogen) atoms. The van der Waals surface area contributed by atoms with Crippen LogP contribution in [0.5, 0.6) is 0 Å². The van der Waals surface area contributed by atoms with E-state index in [0.717, 1.165) is 28.8 Å². The molecule has 0 aliphatic rings. The van der Waals surface area contributed by atoms with E-state index in [2.05, 4.69) is 22.2 Å². The molecule has 4 aromatic rings. The summed E-state index contributed by atoms with van der Waals surface area (Å²) in [6, 6.07) is 18.1. The molecule has 5 heteroatoms. The summed E-state index contributed by atoms with van der Waals surface area (Å²) in [5.74, 6) is 0.880. The van der Waals surface area contributed by atoms with Gasteiger partial charge in [0.05, 0.1) is 5.52 Å². The first-order valence-electron chi connectivity index (χ1n) is 6.71. The van der Waals surface area contributed by atoms with E-state index in [1.165, 1.54) is 5.56 Å². The molecule has 1 N–H and O–H groups in total. The van der Waals surface area contributed by atoms with Crippen LogP contribution in [0, 0.1) is 4.77 Å². The Morgan fingerprint density at radius 2 is 1.71 bits per heavy atom. The number of benzene rings is 2. The fourth-order valence-corrected chi connectivity index (χ4v) is 2.72. The summed E-state index contributed by atoms with van der Waals surface area (Å²) in [4.78, 5) is 9.13. The lowest BCUT2D eigenvalue weighted by molar-refractivity contribution is 0.870. The van der Waals surface area contributed by atoms with Crippen LogP contribution >= 0.6 is 12.2 Å². The summed E-state index contributed by atoms with van der Waals surface area (Å²) in [6.07, 6.45) is 0.742. The molecule has 102 valence electrons. The van der Waals surface area contributed by atoms with Gasteiger partial charge in [0.2, 0.25) is 4.77 Å². The normalized spacial score (nSPS) is 11.2. The molecule has 0 amide bonds. The maximum Gasteiger partial charge on any atom is 0.221 e. The molecule has 0 aliphatic carbocycles. The SMILES string of the molecule is S=c1nc2ccccc2c2nc(Cc3ccccc3)[nH]n12. The fourth-order valence-electron chi connectivity index (χ4n) is 2.49. The number of nitrogens with one attached hydrogen (secondary N) is 1. The first-order chi connectivity index (χ1) is 10.3. The number of aromatic nitrogens is 4. The van der Waals surface area contributed by atoms with Crippen LogP contribution in [0.3, 0.4) is 0 Å². The molecule has 0 fully saturated rings. The van der Waals surface area contributed by atoms with E-state index in [1.54, 1.807) is 4.52 Å². The highest BCUT2D eigenvalue weighted by atomic mass is 32.1. The van der Waals surface area contributed by atoms with Gasteiger partial charge in [-0.1, -0.05) is 42.5 Å². The van der Waals surface area contributed by atoms with Crippen LogP contribution in [0.1, 0.15) is 11.4 Å². The van der Waals surface area contributed by atoms with Crippen molar-refractivity contribution in [2.45, 2.75) is 6.42 Å². The first kappa shape index (κ1) is 12.2. The highest BCUT2D eigenvalue weighted by Gasteiger charge is 2.08. The molecular formula is C16H12N4S. The second kappa shape index (κ2) is 4.79. The first-order valence-corrected chi connectivity index (χ1v) is 7.12. The highest BCUT2D eigenvalue weighted by Crippen LogP contribution is 2.17. The van der Waals surface area contributed by atoms with Crippen molar-refractivity contribution in [1.82, 2.24) is 19.6 Å². The number of aromatic amines is 1. The van der Waals surface area contributed by atoms with Crippen molar-refractivity contribution in [3.8, 4) is 0 Å². The van der Waals surface area contributed by atoms with Crippen molar-refractivity contribution in [3.05, 3.63) is 70.8 Å². The van der Waals surface area contributed by atoms with Crippen LogP contribution in [-0.4, -0.2) is 19.6 Å². The molecule has 2 heterocycles. The van der Waals surface area contributed by atoms with Gasteiger partial charge in [-0.25, -0.2) is 14.5 Å². The predicted octanol–water partition coefficient (Wildman–Crippen LogP) is 3.53. The lowest BCUT2D eigenvalue weighted by Crippen LogP contribution is -1.95. The molecule has 0 aliphatic heterocycles. The van der Waals surface area contributed by atoms with Gasteiger partial charge in [-0.2, -0.15) is 0 Å². The number of hydrogen-bond donors (Lipinski definition) is 1. The van der Waals surface area contributed by atoms with Crippen LogP contribution < -0.4 is 0 Å². The van der Waals surface area contributed by atoms with Gasteiger partial charge in [0.25, 0.3) is 0 Å². The van der Waals surface area contributed by atoms with E-state index in [1.807, 2.05) is 42.5 Å². The molecule has 0 radical (unpaired) electrons. The number of rotatable bonds is 2. The molecule has 0 bridgehead atoms. The zero-order chi connectivity index (χ0) is 14.2. The lowest BCUT2D eigenvalue weighted by atomic mass is 10.1. The molecule has 4 nitrogen and oxygen atoms in total. The summed E-state index contributed by atoms with van der Waals surface area (Å²) in [6.45, 7) is 0. The predicted molar refractivity (Wildman–Crippen MR) is 84.9 cm³/mol. The Morgan fingerprint density at radius 3 is 2.57 bits per heavy atom. The van der Waals surface area contributed by atoms with E-state index < -0.39 is 0 Å². The summed E-state index contributed by atoms with van der Waals surface area (Å²) >= 11 is 5.34. The van der Waals surface area contributed by atoms with Crippen LogP contribution in [0.15, 0.2) is 54.6 Å². The van der Waals surface area contributed by atoms with E-state index in [0.29, 0.717) is 4.77 Å². The Labute approximate surface area is 126 Å². The fraction of sp³-hybridized carbons (Fsp3) is 0.0625. The van der Waals surface area contributed by atoms with Crippen molar-refractivity contribution in [3.63, 3.8) is 0 Å². The molecule has 0 unspecified atom stereocenters. The molecule has 4 rings (SSSR count). The monoisotopic (exact) mass is 292 g/mol. The smallest absolute Gasteiger partial charge is 0.221 e. The second-order valence-electron chi connectivity index (χ2n) is 4.90. The molecule has 0 saturated carbocycles. The van der Waals surface area contributed by atoms with Gasteiger partial charge in [-0.15, -0.1) is 0 Å². The third-order valence-corrected chi connectivity index (χ3v) is 3.73. The van der Waals surface area contributed by atoms with Crippen LogP contribution in [-0.2, 0) is 6.42 Å². The van der Waals surface area contributed by atoms with Gasteiger partial charge in [0.1, 0.15) is 5.82 Å². The van der Waals surface area contributed by atoms with Crippen molar-refractivity contribution < 1.29 is 0 Å². The number of H-pyrrole nitrogens is 1. The zero-order valence-electron chi connectivity index (χ0n) is 11.2. The molecule has 2 aromatic carbocycles. The number of para-hydroxylation sites is 1. The Hall–Kier alpha value is -2.53.